The van der Waals surface area contributed by atoms with Gasteiger partial charge in [-0.3, -0.25) is 0 Å². The molecular formula is C7H15N3O. The number of hydrogen-bond acceptors (Lipinski definition) is 4. The van der Waals surface area contributed by atoms with E-state index in [0.717, 1.165) is 12.8 Å². The molecule has 2 rings (SSSR count). The second kappa shape index (κ2) is 2.17. The molecule has 0 aromatic carbocycles. The molecule has 0 saturated carbocycles. The fraction of sp³-hybridized carbons (Fsp3) is 1.00. The maximum absolute atomic E-state index is 9.67. The van der Waals surface area contributed by atoms with E-state index in [0.29, 0.717) is 6.54 Å². The van der Waals surface area contributed by atoms with E-state index in [1.165, 1.54) is 0 Å². The van der Waals surface area contributed by atoms with Crippen LogP contribution in [0.25, 0.3) is 0 Å². The van der Waals surface area contributed by atoms with Gasteiger partial charge in [-0.1, -0.05) is 0 Å². The lowest BCUT2D eigenvalue weighted by Crippen LogP contribution is -2.55. The molecule has 2 saturated heterocycles. The lowest BCUT2D eigenvalue weighted by molar-refractivity contribution is 0.0778. The second-order valence-corrected chi connectivity index (χ2v) is 3.67. The maximum atomic E-state index is 9.67. The Hall–Kier alpha value is -0.160. The molecule has 0 aromatic rings. The average Bonchev–Trinajstić information content (AvgIpc) is 2.53. The number of fused-ring (bicyclic) bond motifs is 2. The Labute approximate surface area is 65.9 Å². The highest BCUT2D eigenvalue weighted by atomic mass is 16.3. The number of rotatable bonds is 1. The van der Waals surface area contributed by atoms with E-state index in [9.17, 15) is 5.11 Å². The summed E-state index contributed by atoms with van der Waals surface area (Å²) in [4.78, 5) is 0. The Kier molecular flexibility index (Phi) is 1.47. The fourth-order valence-electron chi connectivity index (χ4n) is 2.32. The number of aliphatic hydroxyl groups excluding tert-OH is 1. The topological polar surface area (TPSA) is 84.3 Å². The highest BCUT2D eigenvalue weighted by molar-refractivity contribution is 5.16. The molecule has 2 aliphatic rings. The van der Waals surface area contributed by atoms with Crippen molar-refractivity contribution in [2.24, 2.45) is 11.5 Å². The van der Waals surface area contributed by atoms with E-state index in [1.54, 1.807) is 0 Å². The number of hydrogen-bond donors (Lipinski definition) is 4. The molecule has 0 spiro atoms. The van der Waals surface area contributed by atoms with Gasteiger partial charge in [-0.05, 0) is 12.8 Å². The van der Waals surface area contributed by atoms with Crippen molar-refractivity contribution in [2.75, 3.05) is 6.54 Å². The number of nitrogens with one attached hydrogen (secondary N) is 1. The summed E-state index contributed by atoms with van der Waals surface area (Å²) in [5.41, 5.74) is 11.1. The van der Waals surface area contributed by atoms with Crippen molar-refractivity contribution in [3.05, 3.63) is 0 Å². The quantitative estimate of drug-likeness (QED) is 0.359. The number of aliphatic hydroxyl groups is 1. The van der Waals surface area contributed by atoms with Crippen LogP contribution >= 0.6 is 0 Å². The zero-order valence-corrected chi connectivity index (χ0v) is 6.46. The summed E-state index contributed by atoms with van der Waals surface area (Å²) in [7, 11) is 0. The van der Waals surface area contributed by atoms with Gasteiger partial charge in [0.2, 0.25) is 0 Å². The molecule has 2 aliphatic heterocycles. The molecule has 11 heavy (non-hydrogen) atoms. The Morgan fingerprint density at radius 2 is 2.36 bits per heavy atom. The predicted molar refractivity (Wildman–Crippen MR) is 41.9 cm³/mol. The molecular weight excluding hydrogens is 142 g/mol. The summed E-state index contributed by atoms with van der Waals surface area (Å²) in [6.45, 7) is 0.484. The Balaban J connectivity index is 2.23. The molecule has 4 heteroatoms. The van der Waals surface area contributed by atoms with Gasteiger partial charge in [-0.15, -0.1) is 0 Å². The van der Waals surface area contributed by atoms with Crippen LogP contribution in [-0.4, -0.2) is 35.4 Å². The van der Waals surface area contributed by atoms with Gasteiger partial charge in [0.1, 0.15) is 0 Å². The van der Waals surface area contributed by atoms with E-state index in [4.69, 9.17) is 11.5 Å². The summed E-state index contributed by atoms with van der Waals surface area (Å²) >= 11 is 0. The molecule has 2 bridgehead atoms. The molecule has 6 N–H and O–H groups in total. The highest BCUT2D eigenvalue weighted by Gasteiger charge is 2.54. The lowest BCUT2D eigenvalue weighted by Gasteiger charge is -2.31. The number of nitrogens with two attached hydrogens (primary N) is 2. The summed E-state index contributed by atoms with van der Waals surface area (Å²) < 4.78 is 0. The van der Waals surface area contributed by atoms with E-state index in [2.05, 4.69) is 5.32 Å². The molecule has 0 radical (unpaired) electrons. The first-order chi connectivity index (χ1) is 5.19. The van der Waals surface area contributed by atoms with Crippen LogP contribution in [0.3, 0.4) is 0 Å². The van der Waals surface area contributed by atoms with Crippen molar-refractivity contribution in [2.45, 2.75) is 36.6 Å². The summed E-state index contributed by atoms with van der Waals surface area (Å²) in [6.07, 6.45) is 1.56. The summed E-state index contributed by atoms with van der Waals surface area (Å²) in [5, 5.41) is 13.0. The largest absolute Gasteiger partial charge is 0.389 e. The van der Waals surface area contributed by atoms with Gasteiger partial charge in [-0.25, -0.2) is 0 Å². The zero-order chi connectivity index (χ0) is 8.06. The van der Waals surface area contributed by atoms with Gasteiger partial charge >= 0.3 is 0 Å². The normalized spacial score (nSPS) is 55.4. The van der Waals surface area contributed by atoms with Crippen LogP contribution in [0.5, 0.6) is 0 Å². The second-order valence-electron chi connectivity index (χ2n) is 3.67. The molecule has 2 heterocycles. The maximum Gasteiger partial charge on any atom is 0.0899 e. The van der Waals surface area contributed by atoms with Gasteiger partial charge < -0.3 is 21.9 Å². The molecule has 0 aromatic heterocycles. The Bertz CT molecular complexity index is 175. The molecule has 0 aliphatic carbocycles. The average molecular weight is 157 g/mol. The van der Waals surface area contributed by atoms with Crippen molar-refractivity contribution in [3.8, 4) is 0 Å². The van der Waals surface area contributed by atoms with Gasteiger partial charge in [0.05, 0.1) is 11.6 Å². The Morgan fingerprint density at radius 3 is 2.73 bits per heavy atom. The molecule has 4 nitrogen and oxygen atoms in total. The van der Waals surface area contributed by atoms with Gasteiger partial charge in [0.15, 0.2) is 0 Å². The van der Waals surface area contributed by atoms with E-state index in [1.807, 2.05) is 0 Å². The standard InChI is InChI=1S/C7H15N3O/c8-3-7-2-1-4(10-7)5(9)6(7)11/h4-6,10-11H,1-3,8-9H2. The van der Waals surface area contributed by atoms with Crippen LogP contribution in [-0.2, 0) is 0 Å². The third kappa shape index (κ3) is 0.780. The lowest BCUT2D eigenvalue weighted by atomic mass is 9.83. The van der Waals surface area contributed by atoms with E-state index >= 15 is 0 Å². The van der Waals surface area contributed by atoms with Crippen LogP contribution in [0.2, 0.25) is 0 Å². The zero-order valence-electron chi connectivity index (χ0n) is 6.46. The minimum Gasteiger partial charge on any atom is -0.389 e. The molecule has 0 amide bonds. The fourth-order valence-corrected chi connectivity index (χ4v) is 2.32. The van der Waals surface area contributed by atoms with Gasteiger partial charge in [-0.2, -0.15) is 0 Å². The highest BCUT2D eigenvalue weighted by Crippen LogP contribution is 2.36. The van der Waals surface area contributed by atoms with Crippen LogP contribution < -0.4 is 16.8 Å². The first kappa shape index (κ1) is 7.49. The third-order valence-electron chi connectivity index (χ3n) is 3.13. The van der Waals surface area contributed by atoms with Crippen molar-refractivity contribution in [1.82, 2.24) is 5.32 Å². The minimum atomic E-state index is -0.453. The summed E-state index contributed by atoms with van der Waals surface area (Å²) in [5.74, 6) is 0. The van der Waals surface area contributed by atoms with Crippen LogP contribution in [0.4, 0.5) is 0 Å². The monoisotopic (exact) mass is 157 g/mol. The van der Waals surface area contributed by atoms with Crippen LogP contribution in [0.15, 0.2) is 0 Å². The van der Waals surface area contributed by atoms with Crippen molar-refractivity contribution in [3.63, 3.8) is 0 Å². The molecule has 4 atom stereocenters. The first-order valence-electron chi connectivity index (χ1n) is 4.11. The van der Waals surface area contributed by atoms with Crippen LogP contribution in [0.1, 0.15) is 12.8 Å². The molecule has 2 fully saturated rings. The van der Waals surface area contributed by atoms with Crippen LogP contribution in [0, 0.1) is 0 Å². The minimum absolute atomic E-state index is 0.118. The smallest absolute Gasteiger partial charge is 0.0899 e. The first-order valence-corrected chi connectivity index (χ1v) is 4.11. The van der Waals surface area contributed by atoms with E-state index < -0.39 is 6.10 Å². The molecule has 4 unspecified atom stereocenters. The SMILES string of the molecule is NCC12CCC(N1)C(N)C2O. The Morgan fingerprint density at radius 1 is 1.64 bits per heavy atom. The van der Waals surface area contributed by atoms with Gasteiger partial charge in [0.25, 0.3) is 0 Å². The third-order valence-corrected chi connectivity index (χ3v) is 3.13. The predicted octanol–water partition coefficient (Wildman–Crippen LogP) is -1.86. The van der Waals surface area contributed by atoms with Crippen molar-refractivity contribution in [1.29, 1.82) is 0 Å². The van der Waals surface area contributed by atoms with E-state index in [-0.39, 0.29) is 17.6 Å². The van der Waals surface area contributed by atoms with Crippen molar-refractivity contribution >= 4 is 0 Å². The molecule has 64 valence electrons. The van der Waals surface area contributed by atoms with Crippen molar-refractivity contribution < 1.29 is 5.11 Å². The summed E-state index contributed by atoms with van der Waals surface area (Å²) in [6, 6.07) is 0.167. The van der Waals surface area contributed by atoms with Gasteiger partial charge in [0, 0.05) is 18.6 Å².